The lowest BCUT2D eigenvalue weighted by atomic mass is 9.81. The van der Waals surface area contributed by atoms with E-state index < -0.39 is 35.5 Å². The summed E-state index contributed by atoms with van der Waals surface area (Å²) in [6, 6.07) is 15.2. The molecule has 4 N–H and O–H groups in total. The van der Waals surface area contributed by atoms with Crippen LogP contribution < -0.4 is 16.0 Å². The number of carbonyl (C=O) groups is 3. The number of nitrogens with one attached hydrogen (secondary N) is 4. The van der Waals surface area contributed by atoms with Gasteiger partial charge in [-0.05, 0) is 99.0 Å². The molecule has 12 nitrogen and oxygen atoms in total. The van der Waals surface area contributed by atoms with Crippen molar-refractivity contribution in [1.82, 2.24) is 36.2 Å². The number of benzene rings is 2. The normalized spacial score (nSPS) is 17.0. The highest BCUT2D eigenvalue weighted by molar-refractivity contribution is 5.97. The number of tetrazole rings is 1. The highest BCUT2D eigenvalue weighted by Gasteiger charge is 2.32. The van der Waals surface area contributed by atoms with Crippen LogP contribution in [0.25, 0.3) is 22.5 Å². The molecule has 5 rings (SSSR count). The van der Waals surface area contributed by atoms with Crippen molar-refractivity contribution in [3.63, 3.8) is 0 Å². The molecule has 2 aromatic carbocycles. The number of alkyl carbamates (subject to hydrolysis) is 1. The average Bonchev–Trinajstić information content (AvgIpc) is 3.62. The first-order valence-corrected chi connectivity index (χ1v) is 16.3. The van der Waals surface area contributed by atoms with Gasteiger partial charge in [-0.1, -0.05) is 30.3 Å². The van der Waals surface area contributed by atoms with Crippen LogP contribution in [0.1, 0.15) is 57.7 Å². The quantitative estimate of drug-likeness (QED) is 0.159. The first kappa shape index (κ1) is 36.0. The summed E-state index contributed by atoms with van der Waals surface area (Å²) in [6.07, 6.45) is -0.992. The maximum Gasteiger partial charge on any atom is 0.433 e. The number of nitrogens with zero attached hydrogens (tertiary/aromatic N) is 4. The first-order valence-electron chi connectivity index (χ1n) is 16.3. The molecule has 2 heterocycles. The van der Waals surface area contributed by atoms with E-state index in [0.29, 0.717) is 47.6 Å². The van der Waals surface area contributed by atoms with Crippen molar-refractivity contribution < 1.29 is 32.3 Å². The van der Waals surface area contributed by atoms with Gasteiger partial charge in [0, 0.05) is 41.9 Å². The molecule has 0 bridgehead atoms. The molecule has 1 saturated carbocycles. The second kappa shape index (κ2) is 15.5. The molecular weight excluding hydrogens is 653 g/mol. The molecule has 50 heavy (non-hydrogen) atoms. The van der Waals surface area contributed by atoms with Crippen molar-refractivity contribution in [2.75, 3.05) is 11.9 Å². The summed E-state index contributed by atoms with van der Waals surface area (Å²) in [4.78, 5) is 42.7. The molecule has 0 saturated heterocycles. The van der Waals surface area contributed by atoms with E-state index >= 15 is 0 Å². The van der Waals surface area contributed by atoms with Crippen LogP contribution in [0.5, 0.6) is 0 Å². The molecule has 4 aromatic rings. The molecule has 1 aliphatic rings. The van der Waals surface area contributed by atoms with Gasteiger partial charge in [0.2, 0.25) is 17.6 Å². The number of aromatic nitrogens is 5. The lowest BCUT2D eigenvalue weighted by molar-refractivity contribution is -0.141. The number of halogens is 3. The topological polar surface area (TPSA) is 164 Å². The van der Waals surface area contributed by atoms with Crippen LogP contribution in [-0.2, 0) is 26.9 Å². The number of alkyl halides is 3. The minimum absolute atomic E-state index is 0.166. The molecule has 3 amide bonds. The van der Waals surface area contributed by atoms with Crippen molar-refractivity contribution in [3.05, 3.63) is 78.1 Å². The molecule has 0 radical (unpaired) electrons. The molecule has 15 heteroatoms. The first-order chi connectivity index (χ1) is 23.7. The van der Waals surface area contributed by atoms with Gasteiger partial charge in [0.15, 0.2) is 0 Å². The lowest BCUT2D eigenvalue weighted by Gasteiger charge is -2.29. The number of pyridine rings is 1. The number of ether oxygens (including phenoxy) is 1. The zero-order valence-corrected chi connectivity index (χ0v) is 27.9. The fourth-order valence-electron chi connectivity index (χ4n) is 5.69. The van der Waals surface area contributed by atoms with Crippen LogP contribution >= 0.6 is 0 Å². The number of aromatic amines is 1. The summed E-state index contributed by atoms with van der Waals surface area (Å²) in [5.74, 6) is -0.342. The third-order valence-corrected chi connectivity index (χ3v) is 8.32. The highest BCUT2D eigenvalue weighted by atomic mass is 19.4. The Morgan fingerprint density at radius 1 is 0.900 bits per heavy atom. The largest absolute Gasteiger partial charge is 0.444 e. The standard InChI is InChI=1S/C35H39F3N8O4/c1-34(2,3)50-33(49)40-19-22-6-10-25(11-7-22)31(47)42-28(32(48)41-27-15-12-24(13-16-27)30-43-45-46-44-30)18-21-4-8-23(9-5-21)26-14-17-29(39-20-26)35(36,37)38/h4-5,8-9,12-17,20,22,25,28H,6-7,10-11,18-19H2,1-3H3,(H,40,49)(H,41,48)(H,42,47)(H,43,44,45,46)/t22-,25-,28-/m0/s1. The Bertz CT molecular complexity index is 1730. The van der Waals surface area contributed by atoms with Gasteiger partial charge >= 0.3 is 12.3 Å². The number of hydrogen-bond donors (Lipinski definition) is 4. The molecule has 0 spiro atoms. The predicted molar refractivity (Wildman–Crippen MR) is 178 cm³/mol. The number of H-pyrrole nitrogens is 1. The lowest BCUT2D eigenvalue weighted by Crippen LogP contribution is -2.48. The summed E-state index contributed by atoms with van der Waals surface area (Å²) in [5.41, 5.74) is 1.53. The second-order valence-electron chi connectivity index (χ2n) is 13.3. The summed E-state index contributed by atoms with van der Waals surface area (Å²) < 4.78 is 44.2. The maximum absolute atomic E-state index is 13.6. The Morgan fingerprint density at radius 2 is 1.56 bits per heavy atom. The molecule has 0 unspecified atom stereocenters. The van der Waals surface area contributed by atoms with Crippen LogP contribution in [0.3, 0.4) is 0 Å². The number of anilines is 1. The molecule has 1 aliphatic carbocycles. The summed E-state index contributed by atoms with van der Waals surface area (Å²) in [5, 5.41) is 22.5. The molecule has 1 atom stereocenters. The van der Waals surface area contributed by atoms with Gasteiger partial charge in [0.25, 0.3) is 0 Å². The fraction of sp³-hybridized carbons (Fsp3) is 0.400. The Labute approximate surface area is 287 Å². The van der Waals surface area contributed by atoms with Crippen molar-refractivity contribution in [2.24, 2.45) is 11.8 Å². The summed E-state index contributed by atoms with van der Waals surface area (Å²) in [6.45, 7) is 5.86. The Balaban J connectivity index is 1.24. The minimum Gasteiger partial charge on any atom is -0.444 e. The van der Waals surface area contributed by atoms with Crippen LogP contribution in [0, 0.1) is 11.8 Å². The van der Waals surface area contributed by atoms with Gasteiger partial charge in [-0.2, -0.15) is 18.4 Å². The van der Waals surface area contributed by atoms with E-state index in [9.17, 15) is 27.6 Å². The highest BCUT2D eigenvalue weighted by Crippen LogP contribution is 2.30. The smallest absolute Gasteiger partial charge is 0.433 e. The van der Waals surface area contributed by atoms with Crippen LogP contribution in [-0.4, -0.2) is 61.7 Å². The van der Waals surface area contributed by atoms with Gasteiger partial charge in [-0.25, -0.2) is 4.79 Å². The van der Waals surface area contributed by atoms with Crippen LogP contribution in [0.2, 0.25) is 0 Å². The van der Waals surface area contributed by atoms with E-state index in [1.54, 1.807) is 69.3 Å². The molecule has 264 valence electrons. The second-order valence-corrected chi connectivity index (χ2v) is 13.3. The SMILES string of the molecule is CC(C)(C)OC(=O)NC[C@H]1CC[C@H](C(=O)N[C@@H](Cc2ccc(-c3ccc(C(F)(F)F)nc3)cc2)C(=O)Nc2ccc(-c3nn[nH]n3)cc2)CC1. The van der Waals surface area contributed by atoms with Gasteiger partial charge in [0.05, 0.1) is 0 Å². The minimum atomic E-state index is -4.53. The zero-order valence-electron chi connectivity index (χ0n) is 27.9. The van der Waals surface area contributed by atoms with Gasteiger partial charge in [-0.3, -0.25) is 14.6 Å². The van der Waals surface area contributed by atoms with E-state index in [0.717, 1.165) is 24.5 Å². The third-order valence-electron chi connectivity index (χ3n) is 8.32. The van der Waals surface area contributed by atoms with E-state index in [-0.39, 0.29) is 24.2 Å². The average molecular weight is 693 g/mol. The monoisotopic (exact) mass is 692 g/mol. The summed E-state index contributed by atoms with van der Waals surface area (Å²) in [7, 11) is 0. The zero-order chi connectivity index (χ0) is 35.9. The molecular formula is C35H39F3N8O4. The number of hydrogen-bond acceptors (Lipinski definition) is 8. The molecule has 1 fully saturated rings. The van der Waals surface area contributed by atoms with Gasteiger partial charge < -0.3 is 20.7 Å². The fourth-order valence-corrected chi connectivity index (χ4v) is 5.69. The van der Waals surface area contributed by atoms with Crippen molar-refractivity contribution in [3.8, 4) is 22.5 Å². The Morgan fingerprint density at radius 3 is 2.14 bits per heavy atom. The van der Waals surface area contributed by atoms with Crippen LogP contribution in [0.15, 0.2) is 66.9 Å². The molecule has 0 aliphatic heterocycles. The van der Waals surface area contributed by atoms with Gasteiger partial charge in [0.1, 0.15) is 17.3 Å². The van der Waals surface area contributed by atoms with E-state index in [1.165, 1.54) is 12.3 Å². The van der Waals surface area contributed by atoms with E-state index in [2.05, 4.69) is 41.6 Å². The van der Waals surface area contributed by atoms with Gasteiger partial charge in [-0.15, -0.1) is 10.2 Å². The number of carbonyl (C=O) groups excluding carboxylic acids is 3. The predicted octanol–water partition coefficient (Wildman–Crippen LogP) is 5.94. The van der Waals surface area contributed by atoms with Crippen molar-refractivity contribution in [1.29, 1.82) is 0 Å². The Kier molecular flexibility index (Phi) is 11.1. The van der Waals surface area contributed by atoms with E-state index in [4.69, 9.17) is 4.74 Å². The van der Waals surface area contributed by atoms with E-state index in [1.807, 2.05) is 0 Å². The molecule has 2 aromatic heterocycles. The number of rotatable bonds is 10. The Hall–Kier alpha value is -5.34. The van der Waals surface area contributed by atoms with Crippen molar-refractivity contribution >= 4 is 23.6 Å². The summed E-state index contributed by atoms with van der Waals surface area (Å²) >= 11 is 0. The van der Waals surface area contributed by atoms with Crippen molar-refractivity contribution in [2.45, 2.75) is 70.7 Å². The van der Waals surface area contributed by atoms with Crippen LogP contribution in [0.4, 0.5) is 23.7 Å². The maximum atomic E-state index is 13.6. The third kappa shape index (κ3) is 10.1. The number of amides is 3.